The van der Waals surface area contributed by atoms with Gasteiger partial charge in [0, 0.05) is 28.4 Å². The van der Waals surface area contributed by atoms with E-state index in [1.807, 2.05) is 41.3 Å². The van der Waals surface area contributed by atoms with Crippen molar-refractivity contribution in [1.29, 1.82) is 0 Å². The highest BCUT2D eigenvalue weighted by Gasteiger charge is 2.52. The number of anilines is 1. The second-order valence-corrected chi connectivity index (χ2v) is 6.49. The molecule has 6 heteroatoms. The summed E-state index contributed by atoms with van der Waals surface area (Å²) in [6.07, 6.45) is -0.372. The summed E-state index contributed by atoms with van der Waals surface area (Å²) in [6.45, 7) is 0.533. The minimum Gasteiger partial charge on any atom is -0.394 e. The van der Waals surface area contributed by atoms with Gasteiger partial charge in [0.2, 0.25) is 5.91 Å². The number of benzene rings is 2. The van der Waals surface area contributed by atoms with E-state index in [2.05, 4.69) is 5.32 Å². The number of carbonyl (C=O) groups excluding carboxylic acids is 1. The van der Waals surface area contributed by atoms with Crippen molar-refractivity contribution in [1.82, 2.24) is 4.90 Å². The summed E-state index contributed by atoms with van der Waals surface area (Å²) in [5.41, 5.74) is 1.41. The average molecular weight is 345 g/mol. The second kappa shape index (κ2) is 5.86. The molecule has 2 atom stereocenters. The summed E-state index contributed by atoms with van der Waals surface area (Å²) in [5, 5.41) is 13.1. The number of ether oxygens (including phenoxy) is 1. The third-order valence-corrected chi connectivity index (χ3v) is 4.77. The third kappa shape index (κ3) is 2.32. The maximum Gasteiger partial charge on any atom is 0.238 e. The number of nitrogens with one attached hydrogen (secondary N) is 1. The van der Waals surface area contributed by atoms with Crippen molar-refractivity contribution < 1.29 is 14.6 Å². The molecule has 2 N–H and O–H groups in total. The largest absolute Gasteiger partial charge is 0.394 e. The van der Waals surface area contributed by atoms with Crippen LogP contribution < -0.4 is 5.32 Å². The van der Waals surface area contributed by atoms with Crippen LogP contribution in [0.1, 0.15) is 11.1 Å². The highest BCUT2D eigenvalue weighted by Crippen LogP contribution is 2.47. The standard InChI is InChI=1S/C18H17ClN2O3/c19-13-6-7-16-15(8-13)18(12-4-2-1-3-5-12)21(10-17(23)20-16)9-14(11-22)24-18/h1-8,14,22H,9-11H2,(H,20,23). The number of hydrogen-bond donors (Lipinski definition) is 2. The zero-order valence-corrected chi connectivity index (χ0v) is 13.7. The van der Waals surface area contributed by atoms with Gasteiger partial charge in [-0.15, -0.1) is 0 Å². The molecule has 5 nitrogen and oxygen atoms in total. The first-order valence-electron chi connectivity index (χ1n) is 7.82. The number of amides is 1. The zero-order valence-electron chi connectivity index (χ0n) is 12.9. The Morgan fingerprint density at radius 1 is 1.29 bits per heavy atom. The summed E-state index contributed by atoms with van der Waals surface area (Å²) in [7, 11) is 0. The Bertz CT molecular complexity index is 783. The first-order chi connectivity index (χ1) is 11.6. The molecule has 2 aromatic rings. The minimum absolute atomic E-state index is 0.109. The molecule has 0 spiro atoms. The van der Waals surface area contributed by atoms with Crippen molar-refractivity contribution in [2.24, 2.45) is 0 Å². The van der Waals surface area contributed by atoms with Crippen molar-refractivity contribution in [3.63, 3.8) is 0 Å². The van der Waals surface area contributed by atoms with Gasteiger partial charge in [0.25, 0.3) is 0 Å². The molecule has 2 aliphatic heterocycles. The van der Waals surface area contributed by atoms with E-state index in [0.29, 0.717) is 17.3 Å². The molecular weight excluding hydrogens is 328 g/mol. The van der Waals surface area contributed by atoms with E-state index in [1.165, 1.54) is 0 Å². The lowest BCUT2D eigenvalue weighted by Crippen LogP contribution is -2.44. The molecule has 24 heavy (non-hydrogen) atoms. The Morgan fingerprint density at radius 2 is 2.08 bits per heavy atom. The van der Waals surface area contributed by atoms with Crippen LogP contribution in [0.2, 0.25) is 5.02 Å². The quantitative estimate of drug-likeness (QED) is 0.876. The minimum atomic E-state index is -0.950. The summed E-state index contributed by atoms with van der Waals surface area (Å²) in [4.78, 5) is 14.3. The lowest BCUT2D eigenvalue weighted by atomic mass is 9.92. The normalized spacial score (nSPS) is 26.4. The molecule has 1 saturated heterocycles. The average Bonchev–Trinajstić information content (AvgIpc) is 2.91. The van der Waals surface area contributed by atoms with E-state index in [4.69, 9.17) is 16.3 Å². The van der Waals surface area contributed by atoms with Crippen LogP contribution >= 0.6 is 11.6 Å². The summed E-state index contributed by atoms with van der Waals surface area (Å²) in [5.74, 6) is -0.112. The van der Waals surface area contributed by atoms with E-state index >= 15 is 0 Å². The van der Waals surface area contributed by atoms with Gasteiger partial charge in [0.15, 0.2) is 5.72 Å². The van der Waals surface area contributed by atoms with Crippen LogP contribution in [0.15, 0.2) is 48.5 Å². The molecule has 1 fully saturated rings. The lowest BCUT2D eigenvalue weighted by molar-refractivity contribution is -0.122. The number of hydrogen-bond acceptors (Lipinski definition) is 4. The summed E-state index contributed by atoms with van der Waals surface area (Å²) >= 11 is 6.24. The van der Waals surface area contributed by atoms with Gasteiger partial charge in [0.1, 0.15) is 0 Å². The third-order valence-electron chi connectivity index (χ3n) is 4.53. The molecule has 2 heterocycles. The molecule has 4 rings (SSSR count). The maximum absolute atomic E-state index is 12.3. The summed E-state index contributed by atoms with van der Waals surface area (Å²) < 4.78 is 6.32. The number of aliphatic hydroxyl groups is 1. The van der Waals surface area contributed by atoms with Gasteiger partial charge in [0.05, 0.1) is 19.3 Å². The molecule has 0 aliphatic carbocycles. The number of fused-ring (bicyclic) bond motifs is 3. The van der Waals surface area contributed by atoms with Crippen LogP contribution in [0, 0.1) is 0 Å². The molecule has 0 saturated carbocycles. The number of aliphatic hydroxyl groups excluding tert-OH is 1. The Kier molecular flexibility index (Phi) is 3.81. The van der Waals surface area contributed by atoms with Crippen molar-refractivity contribution in [3.05, 3.63) is 64.7 Å². The van der Waals surface area contributed by atoms with Gasteiger partial charge in [-0.25, -0.2) is 0 Å². The van der Waals surface area contributed by atoms with Crippen molar-refractivity contribution in [3.8, 4) is 0 Å². The fraction of sp³-hybridized carbons (Fsp3) is 0.278. The molecule has 2 aliphatic rings. The zero-order chi connectivity index (χ0) is 16.7. The van der Waals surface area contributed by atoms with Crippen molar-refractivity contribution in [2.75, 3.05) is 25.0 Å². The molecule has 0 bridgehead atoms. The number of nitrogens with zero attached hydrogens (tertiary/aromatic N) is 1. The van der Waals surface area contributed by atoms with Crippen molar-refractivity contribution in [2.45, 2.75) is 11.8 Å². The predicted molar refractivity (Wildman–Crippen MR) is 90.8 cm³/mol. The van der Waals surface area contributed by atoms with Crippen LogP contribution in [0.3, 0.4) is 0 Å². The topological polar surface area (TPSA) is 61.8 Å². The van der Waals surface area contributed by atoms with Gasteiger partial charge in [-0.05, 0) is 18.2 Å². The summed E-state index contributed by atoms with van der Waals surface area (Å²) in [6, 6.07) is 15.1. The van der Waals surface area contributed by atoms with Crippen LogP contribution in [-0.2, 0) is 15.3 Å². The Morgan fingerprint density at radius 3 is 2.83 bits per heavy atom. The Labute approximate surface area is 144 Å². The molecule has 2 aromatic carbocycles. The molecule has 2 unspecified atom stereocenters. The van der Waals surface area contributed by atoms with E-state index < -0.39 is 5.72 Å². The van der Waals surface area contributed by atoms with Crippen LogP contribution in [0.5, 0.6) is 0 Å². The Hall–Kier alpha value is -1.92. The first kappa shape index (κ1) is 15.6. The first-order valence-corrected chi connectivity index (χ1v) is 8.20. The van der Waals surface area contributed by atoms with Gasteiger partial charge < -0.3 is 15.2 Å². The van der Waals surface area contributed by atoms with E-state index in [1.54, 1.807) is 12.1 Å². The van der Waals surface area contributed by atoms with E-state index in [-0.39, 0.29) is 25.2 Å². The smallest absolute Gasteiger partial charge is 0.238 e. The Balaban J connectivity index is 2.00. The molecular formula is C18H17ClN2O3. The van der Waals surface area contributed by atoms with Gasteiger partial charge in [-0.1, -0.05) is 41.9 Å². The van der Waals surface area contributed by atoms with Gasteiger partial charge in [-0.2, -0.15) is 0 Å². The number of rotatable bonds is 2. The van der Waals surface area contributed by atoms with E-state index in [0.717, 1.165) is 11.1 Å². The number of halogens is 1. The monoisotopic (exact) mass is 344 g/mol. The second-order valence-electron chi connectivity index (χ2n) is 6.05. The fourth-order valence-corrected chi connectivity index (χ4v) is 3.74. The lowest BCUT2D eigenvalue weighted by Gasteiger charge is -2.36. The maximum atomic E-state index is 12.3. The van der Waals surface area contributed by atoms with Crippen molar-refractivity contribution >= 4 is 23.2 Å². The van der Waals surface area contributed by atoms with Crippen LogP contribution in [0.25, 0.3) is 0 Å². The molecule has 0 aromatic heterocycles. The SMILES string of the molecule is O=C1CN2CC(CO)OC2(c2ccccc2)c2cc(Cl)ccc2N1. The molecule has 0 radical (unpaired) electrons. The number of carbonyl (C=O) groups is 1. The molecule has 1 amide bonds. The van der Waals surface area contributed by atoms with E-state index in [9.17, 15) is 9.90 Å². The fourth-order valence-electron chi connectivity index (χ4n) is 3.57. The highest BCUT2D eigenvalue weighted by atomic mass is 35.5. The van der Waals surface area contributed by atoms with Crippen LogP contribution in [-0.4, -0.2) is 41.7 Å². The highest BCUT2D eigenvalue weighted by molar-refractivity contribution is 6.30. The predicted octanol–water partition coefficient (Wildman–Crippen LogP) is 2.19. The van der Waals surface area contributed by atoms with Gasteiger partial charge in [-0.3, -0.25) is 9.69 Å². The molecule has 124 valence electrons. The van der Waals surface area contributed by atoms with Gasteiger partial charge >= 0.3 is 0 Å². The van der Waals surface area contributed by atoms with Crippen LogP contribution in [0.4, 0.5) is 5.69 Å².